The maximum Gasteiger partial charge on any atom is 0.338 e. The number of carbonyl (C=O) groups is 2. The highest BCUT2D eigenvalue weighted by molar-refractivity contribution is 8.16. The molecular formula is C27H26FN3O3S. The fraction of sp³-hybridized carbons (Fsp3) is 0.296. The van der Waals surface area contributed by atoms with Crippen LogP contribution in [-0.2, 0) is 20.9 Å². The van der Waals surface area contributed by atoms with Crippen molar-refractivity contribution in [2.24, 2.45) is 4.99 Å². The Morgan fingerprint density at radius 2 is 1.80 bits per heavy atom. The number of halogens is 1. The summed E-state index contributed by atoms with van der Waals surface area (Å²) in [6, 6.07) is 15.0. The third-order valence-electron chi connectivity index (χ3n) is 6.42. The van der Waals surface area contributed by atoms with Crippen LogP contribution in [0.25, 0.3) is 0 Å². The van der Waals surface area contributed by atoms with E-state index in [0.29, 0.717) is 22.1 Å². The molecule has 1 amide bonds. The van der Waals surface area contributed by atoms with Gasteiger partial charge in [0, 0.05) is 24.4 Å². The minimum atomic E-state index is -0.778. The number of aliphatic imine (C=N–C) groups is 1. The van der Waals surface area contributed by atoms with Gasteiger partial charge in [0.1, 0.15) is 12.4 Å². The van der Waals surface area contributed by atoms with E-state index in [4.69, 9.17) is 4.74 Å². The molecule has 5 rings (SSSR count). The molecule has 3 heterocycles. The first kappa shape index (κ1) is 23.4. The summed E-state index contributed by atoms with van der Waals surface area (Å²) in [5, 5.41) is 2.51. The molecular weight excluding hydrogens is 465 g/mol. The lowest BCUT2D eigenvalue weighted by Gasteiger charge is -2.36. The van der Waals surface area contributed by atoms with Gasteiger partial charge >= 0.3 is 5.97 Å². The van der Waals surface area contributed by atoms with Gasteiger partial charge in [0.05, 0.1) is 23.7 Å². The smallest absolute Gasteiger partial charge is 0.338 e. The van der Waals surface area contributed by atoms with Crippen molar-refractivity contribution in [1.29, 1.82) is 0 Å². The molecule has 0 N–H and O–H groups in total. The quantitative estimate of drug-likeness (QED) is 0.523. The molecule has 3 aliphatic heterocycles. The topological polar surface area (TPSA) is 62.2 Å². The third kappa shape index (κ3) is 4.75. The molecule has 6 nitrogen and oxygen atoms in total. The van der Waals surface area contributed by atoms with Crippen LogP contribution in [0.1, 0.15) is 43.4 Å². The first-order chi connectivity index (χ1) is 17.0. The van der Waals surface area contributed by atoms with E-state index in [1.54, 1.807) is 25.1 Å². The Labute approximate surface area is 208 Å². The standard InChI is InChI=1S/C27H26FN3O3S/c1-18-24(26(33)34-16-19-9-3-2-4-10-19)25(21-11-5-6-12-22(21)28)31-20(17-35-27(31)29-18)15-23(32)30-13-7-8-14-30/h2-6,9-12,17,25H,7-8,13-16H2,1H3. The monoisotopic (exact) mass is 491 g/mol. The predicted molar refractivity (Wildman–Crippen MR) is 133 cm³/mol. The molecule has 8 heteroatoms. The number of ether oxygens (including phenoxy) is 1. The zero-order chi connectivity index (χ0) is 24.4. The third-order valence-corrected chi connectivity index (χ3v) is 7.31. The number of amides is 1. The summed E-state index contributed by atoms with van der Waals surface area (Å²) in [7, 11) is 0. The van der Waals surface area contributed by atoms with Crippen molar-refractivity contribution < 1.29 is 18.7 Å². The molecule has 0 aliphatic carbocycles. The van der Waals surface area contributed by atoms with E-state index in [1.165, 1.54) is 17.8 Å². The van der Waals surface area contributed by atoms with Gasteiger partial charge in [-0.3, -0.25) is 4.79 Å². The second kappa shape index (κ2) is 10.1. The van der Waals surface area contributed by atoms with Crippen molar-refractivity contribution in [1.82, 2.24) is 9.80 Å². The number of esters is 1. The maximum atomic E-state index is 15.1. The van der Waals surface area contributed by atoms with Crippen molar-refractivity contribution >= 4 is 28.8 Å². The summed E-state index contributed by atoms with van der Waals surface area (Å²) in [6.45, 7) is 3.35. The molecule has 180 valence electrons. The second-order valence-corrected chi connectivity index (χ2v) is 9.58. The molecule has 35 heavy (non-hydrogen) atoms. The van der Waals surface area contributed by atoms with Gasteiger partial charge in [0.2, 0.25) is 5.91 Å². The largest absolute Gasteiger partial charge is 0.457 e. The Balaban J connectivity index is 1.48. The molecule has 2 aromatic carbocycles. The minimum Gasteiger partial charge on any atom is -0.457 e. The molecule has 2 aromatic rings. The van der Waals surface area contributed by atoms with E-state index in [1.807, 2.05) is 45.5 Å². The number of amidine groups is 1. The van der Waals surface area contributed by atoms with Crippen molar-refractivity contribution in [2.45, 2.75) is 38.8 Å². The summed E-state index contributed by atoms with van der Waals surface area (Å²) in [5.41, 5.74) is 2.66. The van der Waals surface area contributed by atoms with E-state index in [-0.39, 0.29) is 24.5 Å². The molecule has 0 aromatic heterocycles. The van der Waals surface area contributed by atoms with Crippen LogP contribution in [-0.4, -0.2) is 39.9 Å². The van der Waals surface area contributed by atoms with E-state index < -0.39 is 17.8 Å². The van der Waals surface area contributed by atoms with Gasteiger partial charge < -0.3 is 14.5 Å². The molecule has 1 saturated heterocycles. The molecule has 1 unspecified atom stereocenters. The van der Waals surface area contributed by atoms with E-state index in [9.17, 15) is 9.59 Å². The highest BCUT2D eigenvalue weighted by Crippen LogP contribution is 2.45. The Morgan fingerprint density at radius 1 is 1.09 bits per heavy atom. The van der Waals surface area contributed by atoms with Gasteiger partial charge in [0.25, 0.3) is 0 Å². The number of carbonyl (C=O) groups excluding carboxylic acids is 2. The zero-order valence-electron chi connectivity index (χ0n) is 19.4. The van der Waals surface area contributed by atoms with Gasteiger partial charge in [-0.15, -0.1) is 0 Å². The van der Waals surface area contributed by atoms with Crippen LogP contribution in [0.4, 0.5) is 4.39 Å². The first-order valence-corrected chi connectivity index (χ1v) is 12.6. The van der Waals surface area contributed by atoms with Crippen LogP contribution in [0.2, 0.25) is 0 Å². The Morgan fingerprint density at radius 3 is 2.54 bits per heavy atom. The normalized spacial score (nSPS) is 19.4. The van der Waals surface area contributed by atoms with Crippen LogP contribution in [0, 0.1) is 5.82 Å². The number of thioether (sulfide) groups is 1. The molecule has 0 spiro atoms. The average molecular weight is 492 g/mol. The Hall–Kier alpha value is -3.39. The molecule has 3 aliphatic rings. The van der Waals surface area contributed by atoms with Crippen LogP contribution in [0.3, 0.4) is 0 Å². The summed E-state index contributed by atoms with van der Waals surface area (Å²) in [4.78, 5) is 34.7. The number of likely N-dealkylation sites (tertiary alicyclic amines) is 1. The average Bonchev–Trinajstić information content (AvgIpc) is 3.54. The minimum absolute atomic E-state index is 0.0300. The molecule has 0 bridgehead atoms. The SMILES string of the molecule is CC1=C(C(=O)OCc2ccccc2)C(c2ccccc2F)N2C(CC(=O)N3CCCC3)=CSC2=N1. The molecule has 0 saturated carbocycles. The van der Waals surface area contributed by atoms with E-state index in [0.717, 1.165) is 31.5 Å². The predicted octanol–water partition coefficient (Wildman–Crippen LogP) is 5.16. The van der Waals surface area contributed by atoms with Crippen LogP contribution < -0.4 is 0 Å². The second-order valence-electron chi connectivity index (χ2n) is 8.74. The van der Waals surface area contributed by atoms with E-state index >= 15 is 4.39 Å². The number of allylic oxidation sites excluding steroid dienone is 1. The molecule has 1 fully saturated rings. The lowest BCUT2D eigenvalue weighted by molar-refractivity contribution is -0.141. The van der Waals surface area contributed by atoms with Crippen molar-refractivity contribution in [3.05, 3.63) is 93.9 Å². The highest BCUT2D eigenvalue weighted by Gasteiger charge is 2.42. The van der Waals surface area contributed by atoms with Gasteiger partial charge in [0.15, 0.2) is 5.17 Å². The molecule has 1 atom stereocenters. The first-order valence-electron chi connectivity index (χ1n) is 11.7. The van der Waals surface area contributed by atoms with Crippen LogP contribution in [0.15, 0.2) is 82.0 Å². The van der Waals surface area contributed by atoms with Gasteiger partial charge in [-0.2, -0.15) is 0 Å². The number of hydrogen-bond acceptors (Lipinski definition) is 6. The Bertz CT molecular complexity index is 1240. The van der Waals surface area contributed by atoms with Crippen molar-refractivity contribution in [3.63, 3.8) is 0 Å². The number of nitrogens with zero attached hydrogens (tertiary/aromatic N) is 3. The van der Waals surface area contributed by atoms with Crippen molar-refractivity contribution in [2.75, 3.05) is 13.1 Å². The van der Waals surface area contributed by atoms with Crippen LogP contribution in [0.5, 0.6) is 0 Å². The van der Waals surface area contributed by atoms with Gasteiger partial charge in [-0.05, 0) is 36.8 Å². The number of fused-ring (bicyclic) bond motifs is 1. The lowest BCUT2D eigenvalue weighted by atomic mass is 9.93. The summed E-state index contributed by atoms with van der Waals surface area (Å²) in [6.07, 6.45) is 2.18. The fourth-order valence-corrected chi connectivity index (χ4v) is 5.62. The lowest BCUT2D eigenvalue weighted by Crippen LogP contribution is -2.38. The maximum absolute atomic E-state index is 15.1. The summed E-state index contributed by atoms with van der Waals surface area (Å²) < 4.78 is 20.8. The summed E-state index contributed by atoms with van der Waals surface area (Å²) >= 11 is 1.39. The Kier molecular flexibility index (Phi) is 6.72. The number of hydrogen-bond donors (Lipinski definition) is 0. The highest BCUT2D eigenvalue weighted by atomic mass is 32.2. The molecule has 0 radical (unpaired) electrons. The van der Waals surface area contributed by atoms with Crippen molar-refractivity contribution in [3.8, 4) is 0 Å². The summed E-state index contributed by atoms with van der Waals surface area (Å²) in [5.74, 6) is -0.950. The van der Waals surface area contributed by atoms with Crippen LogP contribution >= 0.6 is 11.8 Å². The van der Waals surface area contributed by atoms with Gasteiger partial charge in [-0.1, -0.05) is 60.3 Å². The van der Waals surface area contributed by atoms with Gasteiger partial charge in [-0.25, -0.2) is 14.2 Å². The van der Waals surface area contributed by atoms with E-state index in [2.05, 4.69) is 4.99 Å². The fourth-order valence-electron chi connectivity index (χ4n) is 4.66. The number of rotatable bonds is 6. The number of benzene rings is 2. The zero-order valence-corrected chi connectivity index (χ0v) is 20.3.